The van der Waals surface area contributed by atoms with Gasteiger partial charge < -0.3 is 20.4 Å². The first-order chi connectivity index (χ1) is 16.4. The van der Waals surface area contributed by atoms with Gasteiger partial charge in [-0.25, -0.2) is 9.97 Å². The van der Waals surface area contributed by atoms with Gasteiger partial charge in [-0.1, -0.05) is 17.7 Å². The fourth-order valence-electron chi connectivity index (χ4n) is 4.12. The van der Waals surface area contributed by atoms with Crippen LogP contribution in [0.2, 0.25) is 5.02 Å². The van der Waals surface area contributed by atoms with Crippen molar-refractivity contribution in [2.24, 2.45) is 0 Å². The van der Waals surface area contributed by atoms with E-state index in [4.69, 9.17) is 11.6 Å². The molecular formula is C23H28ClN7O3. The van der Waals surface area contributed by atoms with Crippen molar-refractivity contribution >= 4 is 41.0 Å². The van der Waals surface area contributed by atoms with Crippen LogP contribution in [0.5, 0.6) is 0 Å². The molecule has 180 valence electrons. The molecule has 0 radical (unpaired) electrons. The van der Waals surface area contributed by atoms with Gasteiger partial charge in [0.1, 0.15) is 6.04 Å². The van der Waals surface area contributed by atoms with Crippen LogP contribution in [0.15, 0.2) is 36.7 Å². The minimum atomic E-state index is -0.846. The standard InChI is InChI=1S/C23H28ClN7O3/c1-16-3-4-17(13-18(16)24)28-20(32)14-19-22(34)25-7-8-31(19)21(33)15-29-9-11-30(12-10-29)23-26-5-2-6-27-23/h2-6,13,19H,7-12,14-15H2,1H3,(H,25,34)(H,28,32)/t19-/m0/s1. The summed E-state index contributed by atoms with van der Waals surface area (Å²) in [4.78, 5) is 52.5. The molecule has 2 aliphatic rings. The lowest BCUT2D eigenvalue weighted by molar-refractivity contribution is -0.145. The van der Waals surface area contributed by atoms with Crippen LogP contribution in [0.25, 0.3) is 0 Å². The zero-order valence-corrected chi connectivity index (χ0v) is 19.8. The van der Waals surface area contributed by atoms with Gasteiger partial charge >= 0.3 is 0 Å². The predicted octanol–water partition coefficient (Wildman–Crippen LogP) is 0.916. The average molecular weight is 486 g/mol. The highest BCUT2D eigenvalue weighted by atomic mass is 35.5. The summed E-state index contributed by atoms with van der Waals surface area (Å²) in [6.45, 7) is 5.60. The number of aryl methyl sites for hydroxylation is 1. The molecule has 2 saturated heterocycles. The SMILES string of the molecule is Cc1ccc(NC(=O)C[C@H]2C(=O)NCCN2C(=O)CN2CCN(c3ncccn3)CC2)cc1Cl. The molecule has 10 nitrogen and oxygen atoms in total. The van der Waals surface area contributed by atoms with Crippen molar-refractivity contribution in [3.8, 4) is 0 Å². The molecule has 4 rings (SSSR count). The number of nitrogens with one attached hydrogen (secondary N) is 2. The van der Waals surface area contributed by atoms with E-state index in [0.717, 1.165) is 5.56 Å². The van der Waals surface area contributed by atoms with Gasteiger partial charge in [0.25, 0.3) is 0 Å². The number of anilines is 2. The highest BCUT2D eigenvalue weighted by Crippen LogP contribution is 2.21. The van der Waals surface area contributed by atoms with Gasteiger partial charge in [0.15, 0.2) is 0 Å². The molecule has 34 heavy (non-hydrogen) atoms. The second-order valence-electron chi connectivity index (χ2n) is 8.42. The fraction of sp³-hybridized carbons (Fsp3) is 0.435. The molecule has 2 N–H and O–H groups in total. The molecule has 2 fully saturated rings. The van der Waals surface area contributed by atoms with Gasteiger partial charge in [-0.05, 0) is 30.7 Å². The van der Waals surface area contributed by atoms with Crippen LogP contribution in [0.3, 0.4) is 0 Å². The van der Waals surface area contributed by atoms with Crippen molar-refractivity contribution in [1.82, 2.24) is 25.1 Å². The van der Waals surface area contributed by atoms with Crippen LogP contribution in [0, 0.1) is 6.92 Å². The Labute approximate surface area is 203 Å². The van der Waals surface area contributed by atoms with Crippen LogP contribution >= 0.6 is 11.6 Å². The molecular weight excluding hydrogens is 458 g/mol. The maximum Gasteiger partial charge on any atom is 0.243 e. The largest absolute Gasteiger partial charge is 0.353 e. The van der Waals surface area contributed by atoms with Crippen LogP contribution in [0.4, 0.5) is 11.6 Å². The Morgan fingerprint density at radius 1 is 1.15 bits per heavy atom. The first-order valence-corrected chi connectivity index (χ1v) is 11.7. The first kappa shape index (κ1) is 23.9. The van der Waals surface area contributed by atoms with Crippen LogP contribution in [-0.4, -0.2) is 89.3 Å². The van der Waals surface area contributed by atoms with Gasteiger partial charge in [0.05, 0.1) is 13.0 Å². The molecule has 0 bridgehead atoms. The Morgan fingerprint density at radius 3 is 2.59 bits per heavy atom. The molecule has 2 aliphatic heterocycles. The van der Waals surface area contributed by atoms with E-state index in [2.05, 4.69) is 30.4 Å². The summed E-state index contributed by atoms with van der Waals surface area (Å²) in [5.41, 5.74) is 1.45. The van der Waals surface area contributed by atoms with Crippen molar-refractivity contribution in [3.05, 3.63) is 47.2 Å². The molecule has 1 aromatic heterocycles. The average Bonchev–Trinajstić information content (AvgIpc) is 2.83. The van der Waals surface area contributed by atoms with E-state index < -0.39 is 6.04 Å². The smallest absolute Gasteiger partial charge is 0.243 e. The van der Waals surface area contributed by atoms with Crippen molar-refractivity contribution in [1.29, 1.82) is 0 Å². The van der Waals surface area contributed by atoms with E-state index in [1.165, 1.54) is 4.90 Å². The maximum atomic E-state index is 13.1. The molecule has 1 atom stereocenters. The van der Waals surface area contributed by atoms with Crippen molar-refractivity contribution < 1.29 is 14.4 Å². The number of amides is 3. The van der Waals surface area contributed by atoms with Crippen molar-refractivity contribution in [2.45, 2.75) is 19.4 Å². The zero-order chi connectivity index (χ0) is 24.1. The molecule has 0 saturated carbocycles. The van der Waals surface area contributed by atoms with Gasteiger partial charge in [0.2, 0.25) is 23.7 Å². The Bertz CT molecular complexity index is 1040. The first-order valence-electron chi connectivity index (χ1n) is 11.3. The summed E-state index contributed by atoms with van der Waals surface area (Å²) < 4.78 is 0. The van der Waals surface area contributed by atoms with Crippen molar-refractivity contribution in [3.63, 3.8) is 0 Å². The van der Waals surface area contributed by atoms with E-state index >= 15 is 0 Å². The third-order valence-electron chi connectivity index (χ3n) is 6.05. The number of nitrogens with zero attached hydrogens (tertiary/aromatic N) is 5. The Hall–Kier alpha value is -3.24. The number of piperazine rings is 2. The molecule has 0 unspecified atom stereocenters. The Morgan fingerprint density at radius 2 is 1.88 bits per heavy atom. The van der Waals surface area contributed by atoms with E-state index in [1.54, 1.807) is 30.6 Å². The number of rotatable bonds is 6. The van der Waals surface area contributed by atoms with Gasteiger partial charge in [-0.3, -0.25) is 19.3 Å². The number of hydrogen-bond donors (Lipinski definition) is 2. The van der Waals surface area contributed by atoms with Crippen LogP contribution in [-0.2, 0) is 14.4 Å². The maximum absolute atomic E-state index is 13.1. The highest BCUT2D eigenvalue weighted by molar-refractivity contribution is 6.31. The van der Waals surface area contributed by atoms with Gasteiger partial charge in [-0.2, -0.15) is 0 Å². The third-order valence-corrected chi connectivity index (χ3v) is 6.46. The number of carbonyl (C=O) groups is 3. The monoisotopic (exact) mass is 485 g/mol. The van der Waals surface area contributed by atoms with E-state index in [9.17, 15) is 14.4 Å². The Balaban J connectivity index is 1.33. The third kappa shape index (κ3) is 5.81. The predicted molar refractivity (Wildman–Crippen MR) is 129 cm³/mol. The summed E-state index contributed by atoms with van der Waals surface area (Å²) in [6.07, 6.45) is 3.30. The molecule has 11 heteroatoms. The quantitative estimate of drug-likeness (QED) is 0.625. The van der Waals surface area contributed by atoms with Crippen molar-refractivity contribution in [2.75, 3.05) is 56.0 Å². The minimum absolute atomic E-state index is 0.123. The lowest BCUT2D eigenvalue weighted by atomic mass is 10.1. The van der Waals surface area contributed by atoms with E-state index in [1.807, 2.05) is 13.0 Å². The van der Waals surface area contributed by atoms with Gasteiger partial charge in [-0.15, -0.1) is 0 Å². The number of halogens is 1. The number of carbonyl (C=O) groups excluding carboxylic acids is 3. The lowest BCUT2D eigenvalue weighted by Gasteiger charge is -2.38. The number of aromatic nitrogens is 2. The van der Waals surface area contributed by atoms with E-state index in [0.29, 0.717) is 55.9 Å². The molecule has 0 spiro atoms. The second-order valence-corrected chi connectivity index (χ2v) is 8.83. The Kier molecular flexibility index (Phi) is 7.59. The molecule has 3 amide bonds. The van der Waals surface area contributed by atoms with Crippen LogP contribution in [0.1, 0.15) is 12.0 Å². The highest BCUT2D eigenvalue weighted by Gasteiger charge is 2.35. The summed E-state index contributed by atoms with van der Waals surface area (Å²) in [7, 11) is 0. The minimum Gasteiger partial charge on any atom is -0.353 e. The summed E-state index contributed by atoms with van der Waals surface area (Å²) >= 11 is 6.13. The molecule has 3 heterocycles. The van der Waals surface area contributed by atoms with Gasteiger partial charge in [0, 0.05) is 62.4 Å². The summed E-state index contributed by atoms with van der Waals surface area (Å²) in [6, 6.07) is 6.16. The molecule has 2 aromatic rings. The summed E-state index contributed by atoms with van der Waals surface area (Å²) in [5, 5.41) is 6.08. The number of benzene rings is 1. The molecule has 1 aromatic carbocycles. The van der Waals surface area contributed by atoms with Crippen LogP contribution < -0.4 is 15.5 Å². The lowest BCUT2D eigenvalue weighted by Crippen LogP contribution is -2.60. The summed E-state index contributed by atoms with van der Waals surface area (Å²) in [5.74, 6) is -0.142. The normalized spacial score (nSPS) is 19.0. The van der Waals surface area contributed by atoms with E-state index in [-0.39, 0.29) is 30.7 Å². The fourth-order valence-corrected chi connectivity index (χ4v) is 4.30. The molecule has 0 aliphatic carbocycles. The second kappa shape index (κ2) is 10.8. The number of hydrogen-bond acceptors (Lipinski definition) is 7. The topological polar surface area (TPSA) is 111 Å². The zero-order valence-electron chi connectivity index (χ0n) is 19.0.